The third kappa shape index (κ3) is 3.92. The van der Waals surface area contributed by atoms with Crippen molar-refractivity contribution in [2.24, 2.45) is 0 Å². The molecule has 0 bridgehead atoms. The second-order valence-electron chi connectivity index (χ2n) is 7.23. The molecule has 0 saturated carbocycles. The summed E-state index contributed by atoms with van der Waals surface area (Å²) >= 11 is 0. The highest BCUT2D eigenvalue weighted by Gasteiger charge is 2.29. The van der Waals surface area contributed by atoms with E-state index in [1.165, 1.54) is 12.4 Å². The van der Waals surface area contributed by atoms with Crippen LogP contribution in [-0.2, 0) is 6.42 Å². The third-order valence-electron chi connectivity index (χ3n) is 5.42. The molecule has 1 aliphatic heterocycles. The van der Waals surface area contributed by atoms with Gasteiger partial charge in [0.2, 0.25) is 0 Å². The summed E-state index contributed by atoms with van der Waals surface area (Å²) < 4.78 is 10.9. The topological polar surface area (TPSA) is 89.0 Å². The first-order valence-corrected chi connectivity index (χ1v) is 10.0. The average molecular weight is 430 g/mol. The Morgan fingerprint density at radius 1 is 1.06 bits per heavy atom. The zero-order valence-electron chi connectivity index (χ0n) is 17.7. The number of fused-ring (bicyclic) bond motifs is 1. The van der Waals surface area contributed by atoms with Gasteiger partial charge >= 0.3 is 5.97 Å². The molecule has 2 heterocycles. The summed E-state index contributed by atoms with van der Waals surface area (Å²) in [7, 11) is 3.12. The second kappa shape index (κ2) is 8.93. The van der Waals surface area contributed by atoms with Crippen LogP contribution < -0.4 is 9.47 Å². The lowest BCUT2D eigenvalue weighted by Gasteiger charge is -2.32. The van der Waals surface area contributed by atoms with Crippen LogP contribution in [0.2, 0.25) is 0 Å². The maximum atomic E-state index is 13.4. The Balaban J connectivity index is 1.92. The minimum absolute atomic E-state index is 0.0553. The van der Waals surface area contributed by atoms with E-state index in [-0.39, 0.29) is 11.5 Å². The highest BCUT2D eigenvalue weighted by atomic mass is 16.5. The number of benzene rings is 2. The molecule has 0 spiro atoms. The van der Waals surface area contributed by atoms with Crippen LogP contribution in [0.25, 0.3) is 11.8 Å². The summed E-state index contributed by atoms with van der Waals surface area (Å²) in [5, 5.41) is 9.61. The lowest BCUT2D eigenvalue weighted by atomic mass is 9.93. The molecule has 0 unspecified atom stereocenters. The summed E-state index contributed by atoms with van der Waals surface area (Å²) in [4.78, 5) is 30.8. The minimum atomic E-state index is -1.09. The number of carbonyl (C=O) groups is 2. The molecule has 0 atom stereocenters. The highest BCUT2D eigenvalue weighted by molar-refractivity contribution is 6.04. The van der Waals surface area contributed by atoms with Gasteiger partial charge < -0.3 is 19.5 Å². The van der Waals surface area contributed by atoms with E-state index in [2.05, 4.69) is 4.98 Å². The molecule has 0 fully saturated rings. The lowest BCUT2D eigenvalue weighted by Crippen LogP contribution is -2.35. The van der Waals surface area contributed by atoms with Gasteiger partial charge in [-0.15, -0.1) is 0 Å². The minimum Gasteiger partial charge on any atom is -0.493 e. The van der Waals surface area contributed by atoms with Crippen LogP contribution in [0.1, 0.15) is 37.4 Å². The first-order valence-electron chi connectivity index (χ1n) is 10.0. The van der Waals surface area contributed by atoms with Crippen molar-refractivity contribution in [3.8, 4) is 11.5 Å². The number of amides is 1. The van der Waals surface area contributed by atoms with Gasteiger partial charge in [0, 0.05) is 30.1 Å². The van der Waals surface area contributed by atoms with Crippen LogP contribution in [0, 0.1) is 0 Å². The van der Waals surface area contributed by atoms with Crippen LogP contribution in [0.4, 0.5) is 0 Å². The largest absolute Gasteiger partial charge is 0.493 e. The molecule has 0 saturated heterocycles. The number of carboxylic acids is 1. The molecule has 1 N–H and O–H groups in total. The molecule has 162 valence electrons. The molecule has 0 radical (unpaired) electrons. The Kier molecular flexibility index (Phi) is 5.89. The number of rotatable bonds is 5. The van der Waals surface area contributed by atoms with Gasteiger partial charge in [0.25, 0.3) is 5.91 Å². The van der Waals surface area contributed by atoms with Crippen molar-refractivity contribution >= 4 is 23.6 Å². The quantitative estimate of drug-likeness (QED) is 0.658. The standard InChI is InChI=1S/C25H22N2O5/c1-31-22-13-18-9-11-27(24(28)16-6-4-3-5-7-16)21(19(18)14-23(22)32-2)12-17-8-10-26-15-20(17)25(29)30/h3-8,10,12-15H,9,11H2,1-2H3,(H,29,30). The van der Waals surface area contributed by atoms with E-state index in [9.17, 15) is 14.7 Å². The molecule has 7 heteroatoms. The second-order valence-corrected chi connectivity index (χ2v) is 7.23. The van der Waals surface area contributed by atoms with Crippen molar-refractivity contribution in [1.82, 2.24) is 9.88 Å². The predicted octanol–water partition coefficient (Wildman–Crippen LogP) is 3.99. The number of pyridine rings is 1. The molecule has 1 aliphatic rings. The zero-order chi connectivity index (χ0) is 22.7. The monoisotopic (exact) mass is 430 g/mol. The Bertz CT molecular complexity index is 1200. The maximum Gasteiger partial charge on any atom is 0.337 e. The number of nitrogens with zero attached hydrogens (tertiary/aromatic N) is 2. The number of methoxy groups -OCH3 is 2. The molecule has 1 aromatic heterocycles. The Labute approximate surface area is 185 Å². The highest BCUT2D eigenvalue weighted by Crippen LogP contribution is 2.39. The molecular formula is C25H22N2O5. The predicted molar refractivity (Wildman–Crippen MR) is 120 cm³/mol. The molecule has 1 amide bonds. The number of aromatic carboxylic acids is 1. The Morgan fingerprint density at radius 3 is 2.47 bits per heavy atom. The summed E-state index contributed by atoms with van der Waals surface area (Å²) in [5.74, 6) is -0.125. The lowest BCUT2D eigenvalue weighted by molar-refractivity contribution is 0.0695. The number of aromatic nitrogens is 1. The van der Waals surface area contributed by atoms with Crippen LogP contribution in [0.3, 0.4) is 0 Å². The summed E-state index contributed by atoms with van der Waals surface area (Å²) in [6.07, 6.45) is 5.17. The van der Waals surface area contributed by atoms with Gasteiger partial charge in [-0.3, -0.25) is 9.78 Å². The van der Waals surface area contributed by atoms with Gasteiger partial charge in [-0.1, -0.05) is 18.2 Å². The van der Waals surface area contributed by atoms with Gasteiger partial charge in [-0.25, -0.2) is 4.79 Å². The maximum absolute atomic E-state index is 13.4. The fourth-order valence-electron chi connectivity index (χ4n) is 3.82. The first-order chi connectivity index (χ1) is 15.5. The smallest absolute Gasteiger partial charge is 0.337 e. The van der Waals surface area contributed by atoms with E-state index < -0.39 is 5.97 Å². The van der Waals surface area contributed by atoms with E-state index in [1.54, 1.807) is 43.4 Å². The van der Waals surface area contributed by atoms with Crippen molar-refractivity contribution in [1.29, 1.82) is 0 Å². The Morgan fingerprint density at radius 2 is 1.78 bits per heavy atom. The molecular weight excluding hydrogens is 408 g/mol. The molecule has 2 aromatic carbocycles. The van der Waals surface area contributed by atoms with Crippen LogP contribution in [-0.4, -0.2) is 47.6 Å². The molecule has 3 aromatic rings. The van der Waals surface area contributed by atoms with Crippen LogP contribution >= 0.6 is 0 Å². The summed E-state index contributed by atoms with van der Waals surface area (Å²) in [6.45, 7) is 0.440. The summed E-state index contributed by atoms with van der Waals surface area (Å²) in [5.41, 5.74) is 3.42. The van der Waals surface area contributed by atoms with Crippen molar-refractivity contribution in [2.45, 2.75) is 6.42 Å². The fourth-order valence-corrected chi connectivity index (χ4v) is 3.82. The van der Waals surface area contributed by atoms with E-state index in [0.29, 0.717) is 41.3 Å². The van der Waals surface area contributed by atoms with E-state index in [0.717, 1.165) is 11.1 Å². The molecule has 7 nitrogen and oxygen atoms in total. The van der Waals surface area contributed by atoms with E-state index in [1.807, 2.05) is 30.3 Å². The first kappa shape index (κ1) is 21.1. The van der Waals surface area contributed by atoms with E-state index >= 15 is 0 Å². The molecule has 32 heavy (non-hydrogen) atoms. The number of hydrogen-bond donors (Lipinski definition) is 1. The van der Waals surface area contributed by atoms with Gasteiger partial charge in [0.05, 0.1) is 25.5 Å². The van der Waals surface area contributed by atoms with Gasteiger partial charge in [-0.05, 0) is 54.0 Å². The van der Waals surface area contributed by atoms with Crippen molar-refractivity contribution in [3.05, 3.63) is 88.7 Å². The van der Waals surface area contributed by atoms with Crippen LogP contribution in [0.15, 0.2) is 60.9 Å². The van der Waals surface area contributed by atoms with Crippen molar-refractivity contribution in [2.75, 3.05) is 20.8 Å². The van der Waals surface area contributed by atoms with Crippen LogP contribution in [0.5, 0.6) is 11.5 Å². The number of hydrogen-bond acceptors (Lipinski definition) is 5. The normalized spacial score (nSPS) is 14.1. The Hall–Kier alpha value is -4.13. The van der Waals surface area contributed by atoms with Crippen molar-refractivity contribution in [3.63, 3.8) is 0 Å². The number of carboxylic acid groups (broad SMARTS) is 1. The zero-order valence-corrected chi connectivity index (χ0v) is 17.7. The number of carbonyl (C=O) groups excluding carboxylic acids is 1. The third-order valence-corrected chi connectivity index (χ3v) is 5.42. The fraction of sp³-hybridized carbons (Fsp3) is 0.160. The van der Waals surface area contributed by atoms with Crippen molar-refractivity contribution < 1.29 is 24.2 Å². The SMILES string of the molecule is COc1cc2c(cc1OC)C(=Cc1ccncc1C(=O)O)N(C(=O)c1ccccc1)CC2. The van der Waals surface area contributed by atoms with Gasteiger partial charge in [-0.2, -0.15) is 0 Å². The summed E-state index contributed by atoms with van der Waals surface area (Å²) in [6, 6.07) is 14.4. The molecule has 0 aliphatic carbocycles. The van der Waals surface area contributed by atoms with E-state index in [4.69, 9.17) is 9.47 Å². The average Bonchev–Trinajstić information content (AvgIpc) is 2.83. The van der Waals surface area contributed by atoms with Gasteiger partial charge in [0.15, 0.2) is 11.5 Å². The van der Waals surface area contributed by atoms with Gasteiger partial charge in [0.1, 0.15) is 0 Å². The number of ether oxygens (including phenoxy) is 2. The molecule has 4 rings (SSSR count).